The van der Waals surface area contributed by atoms with Crippen molar-refractivity contribution >= 4 is 45.0 Å². The molecule has 0 saturated heterocycles. The Morgan fingerprint density at radius 1 is 1.48 bits per heavy atom. The van der Waals surface area contributed by atoms with E-state index in [4.69, 9.17) is 5.26 Å². The molecule has 3 aromatic rings. The minimum Gasteiger partial charge on any atom is -0.298 e. The molecule has 0 bridgehead atoms. The normalized spacial score (nSPS) is 10.7. The van der Waals surface area contributed by atoms with Crippen LogP contribution in [0.2, 0.25) is 0 Å². The van der Waals surface area contributed by atoms with Crippen molar-refractivity contribution in [2.45, 2.75) is 18.1 Å². The average Bonchev–Trinajstić information content (AvgIpc) is 3.10. The lowest BCUT2D eigenvalue weighted by Crippen LogP contribution is -2.12. The van der Waals surface area contributed by atoms with E-state index in [1.54, 1.807) is 6.20 Å². The Morgan fingerprint density at radius 3 is 3.09 bits per heavy atom. The van der Waals surface area contributed by atoms with E-state index in [0.717, 1.165) is 20.9 Å². The first-order valence-corrected chi connectivity index (χ1v) is 8.61. The van der Waals surface area contributed by atoms with E-state index >= 15 is 0 Å². The van der Waals surface area contributed by atoms with Gasteiger partial charge in [0.05, 0.1) is 39.0 Å². The minimum absolute atomic E-state index is 0.228. The minimum atomic E-state index is -0.228. The summed E-state index contributed by atoms with van der Waals surface area (Å²) in [5.41, 5.74) is 3.06. The van der Waals surface area contributed by atoms with Gasteiger partial charge in [0, 0.05) is 5.39 Å². The molecule has 0 fully saturated rings. The summed E-state index contributed by atoms with van der Waals surface area (Å²) in [6, 6.07) is 5.88. The molecule has 6 nitrogen and oxygen atoms in total. The lowest BCUT2D eigenvalue weighted by Gasteiger charge is -2.04. The van der Waals surface area contributed by atoms with Gasteiger partial charge in [0.15, 0.2) is 5.13 Å². The number of aryl methyl sites for hydroxylation is 2. The fourth-order valence-electron chi connectivity index (χ4n) is 2.22. The molecule has 0 spiro atoms. The molecule has 2 heterocycles. The third-order valence-electron chi connectivity index (χ3n) is 3.18. The molecule has 2 aromatic heterocycles. The van der Waals surface area contributed by atoms with E-state index in [9.17, 15) is 4.79 Å². The van der Waals surface area contributed by atoms with Gasteiger partial charge >= 0.3 is 0 Å². The molecule has 3 rings (SSSR count). The van der Waals surface area contributed by atoms with Crippen LogP contribution in [0.25, 0.3) is 10.9 Å². The second kappa shape index (κ2) is 6.40. The summed E-state index contributed by atoms with van der Waals surface area (Å²) < 4.78 is 0.942. The average molecular weight is 343 g/mol. The molecule has 0 aliphatic heterocycles. The van der Waals surface area contributed by atoms with E-state index in [2.05, 4.69) is 26.6 Å². The number of nitrogens with one attached hydrogen (secondary N) is 2. The number of fused-ring (bicyclic) bond motifs is 1. The number of nitriles is 1. The Morgan fingerprint density at radius 2 is 2.30 bits per heavy atom. The number of rotatable bonds is 4. The number of hydrogen-bond donors (Lipinski definition) is 2. The van der Waals surface area contributed by atoms with Crippen molar-refractivity contribution in [2.75, 3.05) is 11.1 Å². The van der Waals surface area contributed by atoms with Crippen molar-refractivity contribution in [3.63, 3.8) is 0 Å². The molecule has 0 unspecified atom stereocenters. The maximum Gasteiger partial charge on any atom is 0.259 e. The van der Waals surface area contributed by atoms with Gasteiger partial charge in [0.25, 0.3) is 5.91 Å². The third kappa shape index (κ3) is 3.21. The molecule has 0 atom stereocenters. The van der Waals surface area contributed by atoms with Gasteiger partial charge < -0.3 is 0 Å². The van der Waals surface area contributed by atoms with Crippen molar-refractivity contribution in [3.8, 4) is 6.07 Å². The summed E-state index contributed by atoms with van der Waals surface area (Å²) in [5.74, 6) is 0.136. The van der Waals surface area contributed by atoms with E-state index < -0.39 is 0 Å². The summed E-state index contributed by atoms with van der Waals surface area (Å²) in [6.45, 7) is 3.80. The third-order valence-corrected chi connectivity index (χ3v) is 5.48. The molecule has 8 heteroatoms. The Labute approximate surface area is 140 Å². The van der Waals surface area contributed by atoms with Gasteiger partial charge in [-0.1, -0.05) is 23.1 Å². The van der Waals surface area contributed by atoms with Gasteiger partial charge in [-0.2, -0.15) is 10.4 Å². The highest BCUT2D eigenvalue weighted by atomic mass is 32.2. The Bertz CT molecular complexity index is 922. The monoisotopic (exact) mass is 343 g/mol. The van der Waals surface area contributed by atoms with Crippen LogP contribution in [0, 0.1) is 25.2 Å². The zero-order valence-corrected chi connectivity index (χ0v) is 14.1. The topological polar surface area (TPSA) is 94.5 Å². The van der Waals surface area contributed by atoms with E-state index in [0.29, 0.717) is 22.0 Å². The number of nitrogens with zero attached hydrogens (tertiary/aromatic N) is 3. The molecule has 1 amide bonds. The number of aromatic amines is 1. The zero-order chi connectivity index (χ0) is 16.4. The van der Waals surface area contributed by atoms with Crippen molar-refractivity contribution in [1.82, 2.24) is 15.2 Å². The molecule has 0 saturated carbocycles. The molecule has 1 aromatic carbocycles. The van der Waals surface area contributed by atoms with Gasteiger partial charge in [0.2, 0.25) is 0 Å². The first-order valence-electron chi connectivity index (χ1n) is 6.80. The number of aromatic nitrogens is 3. The summed E-state index contributed by atoms with van der Waals surface area (Å²) in [7, 11) is 0. The van der Waals surface area contributed by atoms with Gasteiger partial charge in [-0.05, 0) is 31.5 Å². The van der Waals surface area contributed by atoms with E-state index in [-0.39, 0.29) is 5.91 Å². The number of amides is 1. The molecule has 2 N–H and O–H groups in total. The summed E-state index contributed by atoms with van der Waals surface area (Å²) >= 11 is 2.80. The van der Waals surface area contributed by atoms with Crippen LogP contribution in [0.1, 0.15) is 21.6 Å². The standard InChI is InChI=1S/C15H13N5OS2/c1-8-5-10-7-17-20-12(10)11(6-8)13(21)19-15-18-9(2)14(23-15)22-4-3-16/h5-7H,4H2,1-2H3,(H,17,20)(H,18,19,21). The number of thiazole rings is 1. The predicted molar refractivity (Wildman–Crippen MR) is 92.0 cm³/mol. The number of anilines is 1. The zero-order valence-electron chi connectivity index (χ0n) is 12.5. The van der Waals surface area contributed by atoms with Crippen molar-refractivity contribution < 1.29 is 4.79 Å². The van der Waals surface area contributed by atoms with Gasteiger partial charge in [-0.3, -0.25) is 15.2 Å². The molecule has 0 aliphatic carbocycles. The predicted octanol–water partition coefficient (Wildman–Crippen LogP) is 3.50. The highest BCUT2D eigenvalue weighted by molar-refractivity contribution is 8.01. The van der Waals surface area contributed by atoms with Crippen LogP contribution >= 0.6 is 23.1 Å². The smallest absolute Gasteiger partial charge is 0.259 e. The molecule has 0 aliphatic rings. The number of carbonyl (C=O) groups is 1. The molecular weight excluding hydrogens is 330 g/mol. The Kier molecular flexibility index (Phi) is 4.32. The van der Waals surface area contributed by atoms with Crippen LogP contribution in [0.5, 0.6) is 0 Å². The second-order valence-corrected chi connectivity index (χ2v) is 7.18. The first-order chi connectivity index (χ1) is 11.1. The first kappa shape index (κ1) is 15.5. The quantitative estimate of drug-likeness (QED) is 0.707. The highest BCUT2D eigenvalue weighted by Gasteiger charge is 2.16. The van der Waals surface area contributed by atoms with Crippen LogP contribution in [0.3, 0.4) is 0 Å². The van der Waals surface area contributed by atoms with Crippen LogP contribution < -0.4 is 5.32 Å². The number of thioether (sulfide) groups is 1. The number of H-pyrrole nitrogens is 1. The molecular formula is C15H13N5OS2. The summed E-state index contributed by atoms with van der Waals surface area (Å²) in [5, 5.41) is 19.8. The summed E-state index contributed by atoms with van der Waals surface area (Å²) in [6.07, 6.45) is 1.70. The lowest BCUT2D eigenvalue weighted by molar-refractivity contribution is 0.102. The maximum absolute atomic E-state index is 12.6. The fraction of sp³-hybridized carbons (Fsp3) is 0.200. The Balaban J connectivity index is 1.86. The van der Waals surface area contributed by atoms with Crippen LogP contribution in [0.15, 0.2) is 22.5 Å². The maximum atomic E-state index is 12.6. The van der Waals surface area contributed by atoms with E-state index in [1.807, 2.05) is 26.0 Å². The molecule has 116 valence electrons. The van der Waals surface area contributed by atoms with Crippen molar-refractivity contribution in [2.24, 2.45) is 0 Å². The summed E-state index contributed by atoms with van der Waals surface area (Å²) in [4.78, 5) is 16.9. The fourth-order valence-corrected chi connectivity index (χ4v) is 4.01. The van der Waals surface area contributed by atoms with Crippen LogP contribution in [-0.2, 0) is 0 Å². The van der Waals surface area contributed by atoms with E-state index in [1.165, 1.54) is 23.1 Å². The Hall–Kier alpha value is -2.37. The largest absolute Gasteiger partial charge is 0.298 e. The van der Waals surface area contributed by atoms with Crippen molar-refractivity contribution in [1.29, 1.82) is 5.26 Å². The second-order valence-electron chi connectivity index (χ2n) is 4.94. The number of carbonyl (C=O) groups excluding carboxylic acids is 1. The van der Waals surface area contributed by atoms with Crippen LogP contribution in [-0.4, -0.2) is 26.8 Å². The SMILES string of the molecule is Cc1cc(C(=O)Nc2nc(C)c(SCC#N)s2)c2[nH]ncc2c1. The molecule has 0 radical (unpaired) electrons. The molecule has 23 heavy (non-hydrogen) atoms. The van der Waals surface area contributed by atoms with Gasteiger partial charge in [0.1, 0.15) is 0 Å². The van der Waals surface area contributed by atoms with Crippen molar-refractivity contribution in [3.05, 3.63) is 35.2 Å². The van der Waals surface area contributed by atoms with Gasteiger partial charge in [-0.15, -0.1) is 0 Å². The number of hydrogen-bond acceptors (Lipinski definition) is 6. The highest BCUT2D eigenvalue weighted by Crippen LogP contribution is 2.32. The van der Waals surface area contributed by atoms with Gasteiger partial charge in [-0.25, -0.2) is 4.98 Å². The van der Waals surface area contributed by atoms with Crippen LogP contribution in [0.4, 0.5) is 5.13 Å². The lowest BCUT2D eigenvalue weighted by atomic mass is 10.1. The number of benzene rings is 1.